The van der Waals surface area contributed by atoms with E-state index in [0.29, 0.717) is 13.1 Å². The first-order valence-electron chi connectivity index (χ1n) is 9.28. The second-order valence-corrected chi connectivity index (χ2v) is 6.94. The largest absolute Gasteiger partial charge is 0.442 e. The van der Waals surface area contributed by atoms with Crippen LogP contribution in [0, 0.1) is 5.92 Å². The normalized spacial score (nSPS) is 21.7. The van der Waals surface area contributed by atoms with Crippen molar-refractivity contribution in [2.24, 2.45) is 5.92 Å². The van der Waals surface area contributed by atoms with Gasteiger partial charge in [0.1, 0.15) is 6.10 Å². The lowest BCUT2D eigenvalue weighted by molar-refractivity contribution is -0.126. The predicted molar refractivity (Wildman–Crippen MR) is 104 cm³/mol. The van der Waals surface area contributed by atoms with Gasteiger partial charge >= 0.3 is 6.09 Å². The maximum atomic E-state index is 12.5. The zero-order valence-electron chi connectivity index (χ0n) is 15.3. The van der Waals surface area contributed by atoms with Crippen LogP contribution in [0.1, 0.15) is 6.42 Å². The molecule has 2 atom stereocenters. The van der Waals surface area contributed by atoms with E-state index in [1.165, 1.54) is 0 Å². The van der Waals surface area contributed by atoms with Gasteiger partial charge in [0.15, 0.2) is 0 Å². The number of carbonyl (C=O) groups is 3. The summed E-state index contributed by atoms with van der Waals surface area (Å²) in [4.78, 5) is 40.0. The van der Waals surface area contributed by atoms with Crippen LogP contribution in [-0.4, -0.2) is 43.6 Å². The van der Waals surface area contributed by atoms with Crippen LogP contribution in [0.3, 0.4) is 0 Å². The molecule has 2 aromatic carbocycles. The van der Waals surface area contributed by atoms with Gasteiger partial charge in [0.2, 0.25) is 11.8 Å². The summed E-state index contributed by atoms with van der Waals surface area (Å²) in [6.45, 7) is 0.960. The van der Waals surface area contributed by atoms with Crippen molar-refractivity contribution in [3.05, 3.63) is 60.7 Å². The van der Waals surface area contributed by atoms with Gasteiger partial charge in [0.05, 0.1) is 19.0 Å². The van der Waals surface area contributed by atoms with Crippen molar-refractivity contribution < 1.29 is 19.1 Å². The van der Waals surface area contributed by atoms with Crippen LogP contribution in [0.5, 0.6) is 0 Å². The second kappa shape index (κ2) is 7.72. The van der Waals surface area contributed by atoms with Crippen LogP contribution in [0.4, 0.5) is 16.2 Å². The average Bonchev–Trinajstić information content (AvgIpc) is 3.30. The highest BCUT2D eigenvalue weighted by atomic mass is 16.6. The molecule has 2 aliphatic rings. The molecule has 2 unspecified atom stereocenters. The zero-order chi connectivity index (χ0) is 19.5. The van der Waals surface area contributed by atoms with E-state index in [1.54, 1.807) is 9.80 Å². The Morgan fingerprint density at radius 1 is 0.929 bits per heavy atom. The summed E-state index contributed by atoms with van der Waals surface area (Å²) in [6.07, 6.45) is -0.655. The molecule has 1 N–H and O–H groups in total. The number of amides is 3. The second-order valence-electron chi connectivity index (χ2n) is 6.94. The molecule has 28 heavy (non-hydrogen) atoms. The van der Waals surface area contributed by atoms with Gasteiger partial charge in [-0.3, -0.25) is 14.5 Å². The summed E-state index contributed by atoms with van der Waals surface area (Å²) in [5.74, 6) is -0.662. The molecule has 0 aromatic heterocycles. The minimum atomic E-state index is -0.420. The number of nitrogens with one attached hydrogen (secondary N) is 1. The summed E-state index contributed by atoms with van der Waals surface area (Å²) >= 11 is 0. The molecule has 144 valence electrons. The Balaban J connectivity index is 1.30. The fourth-order valence-corrected chi connectivity index (χ4v) is 3.55. The summed E-state index contributed by atoms with van der Waals surface area (Å²) in [5, 5.41) is 2.83. The number of hydrogen-bond donors (Lipinski definition) is 1. The van der Waals surface area contributed by atoms with E-state index in [-0.39, 0.29) is 24.8 Å². The number of benzene rings is 2. The fourth-order valence-electron chi connectivity index (χ4n) is 3.55. The molecule has 0 bridgehead atoms. The van der Waals surface area contributed by atoms with E-state index in [4.69, 9.17) is 4.74 Å². The summed E-state index contributed by atoms with van der Waals surface area (Å²) in [6, 6.07) is 18.6. The van der Waals surface area contributed by atoms with Gasteiger partial charge < -0.3 is 15.0 Å². The van der Waals surface area contributed by atoms with Crippen LogP contribution in [0.2, 0.25) is 0 Å². The monoisotopic (exact) mass is 379 g/mol. The van der Waals surface area contributed by atoms with E-state index in [0.717, 1.165) is 11.4 Å². The Labute approximate surface area is 162 Å². The number of carbonyl (C=O) groups excluding carboxylic acids is 3. The van der Waals surface area contributed by atoms with Gasteiger partial charge in [-0.2, -0.15) is 0 Å². The Morgan fingerprint density at radius 3 is 2.18 bits per heavy atom. The topological polar surface area (TPSA) is 79.0 Å². The van der Waals surface area contributed by atoms with E-state index in [9.17, 15) is 14.4 Å². The van der Waals surface area contributed by atoms with Crippen LogP contribution >= 0.6 is 0 Å². The third-order valence-corrected chi connectivity index (χ3v) is 5.01. The SMILES string of the molecule is O=C(NCC1CN(c2ccccc2)C(=O)O1)C1CC(=O)N(c2ccccc2)C1. The number of anilines is 2. The minimum Gasteiger partial charge on any atom is -0.442 e. The summed E-state index contributed by atoms with van der Waals surface area (Å²) < 4.78 is 5.35. The first-order chi connectivity index (χ1) is 13.6. The molecular weight excluding hydrogens is 358 g/mol. The maximum absolute atomic E-state index is 12.5. The smallest absolute Gasteiger partial charge is 0.414 e. The number of para-hydroxylation sites is 2. The van der Waals surface area contributed by atoms with Crippen molar-refractivity contribution >= 4 is 29.3 Å². The molecule has 7 heteroatoms. The number of nitrogens with zero attached hydrogens (tertiary/aromatic N) is 2. The lowest BCUT2D eigenvalue weighted by Crippen LogP contribution is -2.38. The molecule has 2 aliphatic heterocycles. The molecule has 0 aliphatic carbocycles. The Kier molecular flexibility index (Phi) is 4.97. The molecule has 7 nitrogen and oxygen atoms in total. The van der Waals surface area contributed by atoms with Crippen LogP contribution in [0.25, 0.3) is 0 Å². The van der Waals surface area contributed by atoms with Gasteiger partial charge in [0.25, 0.3) is 0 Å². The molecule has 0 radical (unpaired) electrons. The zero-order valence-corrected chi connectivity index (χ0v) is 15.3. The van der Waals surface area contributed by atoms with Crippen LogP contribution in [0.15, 0.2) is 60.7 Å². The lowest BCUT2D eigenvalue weighted by atomic mass is 10.1. The number of rotatable bonds is 5. The van der Waals surface area contributed by atoms with Crippen molar-refractivity contribution in [3.63, 3.8) is 0 Å². The highest BCUT2D eigenvalue weighted by molar-refractivity contribution is 6.00. The number of cyclic esters (lactones) is 1. The quantitative estimate of drug-likeness (QED) is 0.864. The predicted octanol–water partition coefficient (Wildman–Crippen LogP) is 2.18. The van der Waals surface area contributed by atoms with Crippen molar-refractivity contribution in [2.75, 3.05) is 29.4 Å². The molecular formula is C21H21N3O4. The molecule has 0 saturated carbocycles. The third kappa shape index (κ3) is 3.69. The summed E-state index contributed by atoms with van der Waals surface area (Å²) in [5.41, 5.74) is 1.56. The molecule has 2 aromatic rings. The van der Waals surface area contributed by atoms with Gasteiger partial charge in [-0.1, -0.05) is 36.4 Å². The standard InChI is InChI=1S/C21H21N3O4/c25-19-11-15(13-23(19)16-7-3-1-4-8-16)20(26)22-12-18-14-24(21(27)28-18)17-9-5-2-6-10-17/h1-10,15,18H,11-14H2,(H,22,26). The van der Waals surface area contributed by atoms with Crippen LogP contribution < -0.4 is 15.1 Å². The highest BCUT2D eigenvalue weighted by Gasteiger charge is 2.36. The molecule has 2 heterocycles. The Morgan fingerprint density at radius 2 is 1.54 bits per heavy atom. The number of hydrogen-bond acceptors (Lipinski definition) is 4. The van der Waals surface area contributed by atoms with E-state index >= 15 is 0 Å². The Hall–Kier alpha value is -3.35. The number of ether oxygens (including phenoxy) is 1. The van der Waals surface area contributed by atoms with Gasteiger partial charge in [-0.05, 0) is 24.3 Å². The maximum Gasteiger partial charge on any atom is 0.414 e. The molecule has 4 rings (SSSR count). The van der Waals surface area contributed by atoms with Crippen LogP contribution in [-0.2, 0) is 14.3 Å². The van der Waals surface area contributed by atoms with Gasteiger partial charge in [-0.25, -0.2) is 4.79 Å². The first-order valence-corrected chi connectivity index (χ1v) is 9.28. The third-order valence-electron chi connectivity index (χ3n) is 5.01. The first kappa shape index (κ1) is 18.0. The fraction of sp³-hybridized carbons (Fsp3) is 0.286. The molecule has 2 fully saturated rings. The summed E-state index contributed by atoms with van der Waals surface area (Å²) in [7, 11) is 0. The molecule has 2 saturated heterocycles. The average molecular weight is 379 g/mol. The van der Waals surface area contributed by atoms with Crippen molar-refractivity contribution in [1.29, 1.82) is 0 Å². The van der Waals surface area contributed by atoms with E-state index in [1.807, 2.05) is 60.7 Å². The van der Waals surface area contributed by atoms with E-state index < -0.39 is 18.1 Å². The lowest BCUT2D eigenvalue weighted by Gasteiger charge is -2.17. The molecule has 0 spiro atoms. The van der Waals surface area contributed by atoms with Crippen molar-refractivity contribution in [2.45, 2.75) is 12.5 Å². The highest BCUT2D eigenvalue weighted by Crippen LogP contribution is 2.25. The van der Waals surface area contributed by atoms with E-state index in [2.05, 4.69) is 5.32 Å². The van der Waals surface area contributed by atoms with Crippen molar-refractivity contribution in [1.82, 2.24) is 5.32 Å². The van der Waals surface area contributed by atoms with Gasteiger partial charge in [-0.15, -0.1) is 0 Å². The van der Waals surface area contributed by atoms with Crippen molar-refractivity contribution in [3.8, 4) is 0 Å². The molecule has 3 amide bonds. The van der Waals surface area contributed by atoms with Gasteiger partial charge in [0, 0.05) is 24.3 Å². The minimum absolute atomic E-state index is 0.0612. The Bertz CT molecular complexity index is 872.